The second kappa shape index (κ2) is 9.66. The van der Waals surface area contributed by atoms with Gasteiger partial charge in [0.05, 0.1) is 21.5 Å². The predicted molar refractivity (Wildman–Crippen MR) is 133 cm³/mol. The molecule has 3 N–H and O–H groups in total. The fourth-order valence-electron chi connectivity index (χ4n) is 3.44. The van der Waals surface area contributed by atoms with Crippen molar-refractivity contribution in [3.05, 3.63) is 93.5 Å². The Morgan fingerprint density at radius 2 is 1.82 bits per heavy atom. The van der Waals surface area contributed by atoms with Crippen LogP contribution in [0.25, 0.3) is 10.9 Å². The fraction of sp³-hybridized carbons (Fsp3) is 0.125. The van der Waals surface area contributed by atoms with Crippen molar-refractivity contribution in [2.45, 2.75) is 24.7 Å². The van der Waals surface area contributed by atoms with Gasteiger partial charge < -0.3 is 10.3 Å². The summed E-state index contributed by atoms with van der Waals surface area (Å²) < 4.78 is 28.3. The molecule has 0 unspecified atom stereocenters. The highest BCUT2D eigenvalue weighted by Gasteiger charge is 2.18. The van der Waals surface area contributed by atoms with Gasteiger partial charge in [-0.25, -0.2) is 13.4 Å². The number of aryl methyl sites for hydroxylation is 2. The van der Waals surface area contributed by atoms with E-state index in [1.165, 1.54) is 12.1 Å². The minimum atomic E-state index is -3.91. The summed E-state index contributed by atoms with van der Waals surface area (Å²) in [6.45, 7) is 1.67. The van der Waals surface area contributed by atoms with E-state index in [2.05, 4.69) is 20.0 Å². The summed E-state index contributed by atoms with van der Waals surface area (Å²) in [7, 11) is -3.91. The molecule has 0 saturated heterocycles. The van der Waals surface area contributed by atoms with Crippen LogP contribution in [-0.2, 0) is 21.2 Å². The molecule has 1 amide bonds. The molecule has 34 heavy (non-hydrogen) atoms. The van der Waals surface area contributed by atoms with Gasteiger partial charge in [0.15, 0.2) is 0 Å². The van der Waals surface area contributed by atoms with Crippen molar-refractivity contribution in [1.29, 1.82) is 0 Å². The first-order valence-electron chi connectivity index (χ1n) is 10.4. The third-order valence-corrected chi connectivity index (χ3v) is 6.85. The number of hydrogen-bond donors (Lipinski definition) is 3. The molecule has 4 rings (SSSR count). The Hall–Kier alpha value is -3.69. The van der Waals surface area contributed by atoms with E-state index in [0.717, 1.165) is 0 Å². The highest BCUT2D eigenvalue weighted by molar-refractivity contribution is 7.92. The van der Waals surface area contributed by atoms with Crippen molar-refractivity contribution in [2.24, 2.45) is 0 Å². The molecule has 0 fully saturated rings. The van der Waals surface area contributed by atoms with Crippen LogP contribution in [-0.4, -0.2) is 24.3 Å². The zero-order valence-electron chi connectivity index (χ0n) is 18.1. The third kappa shape index (κ3) is 5.44. The molecule has 0 atom stereocenters. The van der Waals surface area contributed by atoms with Crippen molar-refractivity contribution in [2.75, 3.05) is 10.0 Å². The van der Waals surface area contributed by atoms with E-state index in [-0.39, 0.29) is 29.2 Å². The van der Waals surface area contributed by atoms with Gasteiger partial charge in [-0.1, -0.05) is 35.9 Å². The van der Waals surface area contributed by atoms with Crippen LogP contribution >= 0.6 is 11.6 Å². The monoisotopic (exact) mass is 496 g/mol. The normalized spacial score (nSPS) is 11.4. The Labute approximate surface area is 201 Å². The molecular weight excluding hydrogens is 476 g/mol. The quantitative estimate of drug-likeness (QED) is 0.353. The van der Waals surface area contributed by atoms with Crippen molar-refractivity contribution >= 4 is 49.8 Å². The molecule has 4 aromatic rings. The minimum Gasteiger partial charge on any atom is -0.326 e. The SMILES string of the molecule is Cc1ccc(NC(=O)CCc2nc3ccccc3c(=O)[nH]2)cc1S(=O)(=O)Nc1cccc(Cl)c1. The van der Waals surface area contributed by atoms with Gasteiger partial charge in [0.1, 0.15) is 5.82 Å². The zero-order valence-corrected chi connectivity index (χ0v) is 19.7. The average Bonchev–Trinajstić information content (AvgIpc) is 2.79. The van der Waals surface area contributed by atoms with Crippen LogP contribution in [0.2, 0.25) is 5.02 Å². The number of nitrogens with zero attached hydrogens (tertiary/aromatic N) is 1. The van der Waals surface area contributed by atoms with E-state index in [1.54, 1.807) is 61.5 Å². The molecule has 0 aliphatic heterocycles. The van der Waals surface area contributed by atoms with Crippen molar-refractivity contribution < 1.29 is 13.2 Å². The Balaban J connectivity index is 1.46. The summed E-state index contributed by atoms with van der Waals surface area (Å²) in [5.41, 5.74) is 1.48. The molecule has 10 heteroatoms. The maximum atomic E-state index is 12.9. The number of rotatable bonds is 7. The molecule has 0 spiro atoms. The van der Waals surface area contributed by atoms with Crippen LogP contribution in [0.3, 0.4) is 0 Å². The predicted octanol–water partition coefficient (Wildman–Crippen LogP) is 4.26. The number of para-hydroxylation sites is 1. The fourth-order valence-corrected chi connectivity index (χ4v) is 4.95. The lowest BCUT2D eigenvalue weighted by atomic mass is 10.2. The molecule has 0 bridgehead atoms. The number of anilines is 2. The van der Waals surface area contributed by atoms with Gasteiger partial charge in [-0.2, -0.15) is 0 Å². The Kier molecular flexibility index (Phi) is 6.67. The molecule has 0 aliphatic carbocycles. The molecule has 174 valence electrons. The number of fused-ring (bicyclic) bond motifs is 1. The summed E-state index contributed by atoms with van der Waals surface area (Å²) in [4.78, 5) is 31.8. The van der Waals surface area contributed by atoms with Crippen molar-refractivity contribution in [3.63, 3.8) is 0 Å². The molecule has 0 aliphatic rings. The molecule has 8 nitrogen and oxygen atoms in total. The van der Waals surface area contributed by atoms with Crippen LogP contribution in [0.5, 0.6) is 0 Å². The lowest BCUT2D eigenvalue weighted by Crippen LogP contribution is -2.17. The largest absolute Gasteiger partial charge is 0.326 e. The van der Waals surface area contributed by atoms with Crippen LogP contribution in [0.4, 0.5) is 11.4 Å². The zero-order chi connectivity index (χ0) is 24.3. The van der Waals surface area contributed by atoms with E-state index in [0.29, 0.717) is 38.7 Å². The lowest BCUT2D eigenvalue weighted by molar-refractivity contribution is -0.116. The first-order chi connectivity index (χ1) is 16.2. The minimum absolute atomic E-state index is 0.0331. The van der Waals surface area contributed by atoms with E-state index in [1.807, 2.05) is 0 Å². The Bertz CT molecular complexity index is 1550. The molecule has 1 aromatic heterocycles. The maximum absolute atomic E-state index is 12.9. The maximum Gasteiger partial charge on any atom is 0.262 e. The van der Waals surface area contributed by atoms with Gasteiger partial charge in [-0.05, 0) is 55.0 Å². The number of benzene rings is 3. The molecule has 0 radical (unpaired) electrons. The van der Waals surface area contributed by atoms with E-state index >= 15 is 0 Å². The van der Waals surface area contributed by atoms with Gasteiger partial charge in [0, 0.05) is 23.6 Å². The highest BCUT2D eigenvalue weighted by Crippen LogP contribution is 2.24. The third-order valence-electron chi connectivity index (χ3n) is 5.09. The molecule has 0 saturated carbocycles. The summed E-state index contributed by atoms with van der Waals surface area (Å²) in [5.74, 6) is 0.0579. The first-order valence-corrected chi connectivity index (χ1v) is 12.2. The summed E-state index contributed by atoms with van der Waals surface area (Å²) in [6.07, 6.45) is 0.275. The number of aromatic amines is 1. The number of aromatic nitrogens is 2. The number of halogens is 1. The van der Waals surface area contributed by atoms with Crippen LogP contribution < -0.4 is 15.6 Å². The number of carbonyl (C=O) groups is 1. The second-order valence-corrected chi connectivity index (χ2v) is 9.76. The summed E-state index contributed by atoms with van der Waals surface area (Å²) in [6, 6.07) is 18.0. The molecule has 1 heterocycles. The first kappa shape index (κ1) is 23.5. The number of nitrogens with one attached hydrogen (secondary N) is 3. The lowest BCUT2D eigenvalue weighted by Gasteiger charge is -2.13. The summed E-state index contributed by atoms with van der Waals surface area (Å²) in [5, 5.41) is 3.59. The average molecular weight is 497 g/mol. The number of sulfonamides is 1. The van der Waals surface area contributed by atoms with Gasteiger partial charge in [0.2, 0.25) is 5.91 Å². The number of hydrogen-bond acceptors (Lipinski definition) is 5. The Morgan fingerprint density at radius 3 is 2.62 bits per heavy atom. The number of carbonyl (C=O) groups excluding carboxylic acids is 1. The smallest absolute Gasteiger partial charge is 0.262 e. The van der Waals surface area contributed by atoms with Gasteiger partial charge >= 0.3 is 0 Å². The van der Waals surface area contributed by atoms with E-state index in [4.69, 9.17) is 11.6 Å². The van der Waals surface area contributed by atoms with Gasteiger partial charge in [0.25, 0.3) is 15.6 Å². The van der Waals surface area contributed by atoms with Crippen LogP contribution in [0.1, 0.15) is 17.8 Å². The molecular formula is C24H21ClN4O4S. The highest BCUT2D eigenvalue weighted by atomic mass is 35.5. The second-order valence-electron chi connectivity index (χ2n) is 7.67. The van der Waals surface area contributed by atoms with Crippen molar-refractivity contribution in [1.82, 2.24) is 9.97 Å². The Morgan fingerprint density at radius 1 is 1.03 bits per heavy atom. The van der Waals surface area contributed by atoms with Crippen LogP contribution in [0, 0.1) is 6.92 Å². The van der Waals surface area contributed by atoms with E-state index < -0.39 is 10.0 Å². The van der Waals surface area contributed by atoms with Gasteiger partial charge in [-0.15, -0.1) is 0 Å². The number of amides is 1. The van der Waals surface area contributed by atoms with Crippen molar-refractivity contribution in [3.8, 4) is 0 Å². The standard InChI is InChI=1S/C24H21ClN4O4S/c1-15-9-10-17(14-21(15)34(32,33)29-18-6-4-5-16(25)13-18)26-23(30)12-11-22-27-20-8-3-2-7-19(20)24(31)28-22/h2-10,13-14,29H,11-12H2,1H3,(H,26,30)(H,27,28,31). The van der Waals surface area contributed by atoms with E-state index in [9.17, 15) is 18.0 Å². The van der Waals surface area contributed by atoms with Gasteiger partial charge in [-0.3, -0.25) is 14.3 Å². The molecule has 3 aromatic carbocycles. The topological polar surface area (TPSA) is 121 Å². The number of H-pyrrole nitrogens is 1. The summed E-state index contributed by atoms with van der Waals surface area (Å²) >= 11 is 5.94. The van der Waals surface area contributed by atoms with Crippen LogP contribution in [0.15, 0.2) is 76.4 Å².